The topological polar surface area (TPSA) is 92.3 Å². The minimum Gasteiger partial charge on any atom is -0.351 e. The van der Waals surface area contributed by atoms with E-state index in [1.54, 1.807) is 0 Å². The van der Waals surface area contributed by atoms with Crippen molar-refractivity contribution in [3.05, 3.63) is 71.8 Å². The van der Waals surface area contributed by atoms with Crippen LogP contribution >= 0.6 is 0 Å². The fraction of sp³-hybridized carbons (Fsp3) is 0.304. The Morgan fingerprint density at radius 2 is 1.00 bits per heavy atom. The average molecular weight is 394 g/mol. The van der Waals surface area contributed by atoms with E-state index in [0.29, 0.717) is 0 Å². The lowest BCUT2D eigenvalue weighted by atomic mass is 9.88. The summed E-state index contributed by atoms with van der Waals surface area (Å²) in [6, 6.07) is 18.6. The molecule has 2 rings (SSSR count). The Balaban J connectivity index is 2.00. The van der Waals surface area contributed by atoms with Crippen molar-refractivity contribution in [2.75, 3.05) is 0 Å². The van der Waals surface area contributed by atoms with Gasteiger partial charge in [0.15, 0.2) is 0 Å². The first-order valence-corrected chi connectivity index (χ1v) is 9.52. The summed E-state index contributed by atoms with van der Waals surface area (Å²) < 4.78 is 0. The van der Waals surface area contributed by atoms with E-state index >= 15 is 0 Å². The molecule has 0 heterocycles. The van der Waals surface area contributed by atoms with Gasteiger partial charge in [0.2, 0.25) is 11.8 Å². The van der Waals surface area contributed by atoms with Crippen molar-refractivity contribution in [1.82, 2.24) is 10.6 Å². The number of Topliss-reactive ketones (excluding diaryl/α,β-unsaturated/α-hetero) is 2. The second-order valence-corrected chi connectivity index (χ2v) is 6.97. The maximum atomic E-state index is 12.5. The van der Waals surface area contributed by atoms with E-state index in [0.717, 1.165) is 11.1 Å². The van der Waals surface area contributed by atoms with Gasteiger partial charge in [0.05, 0.1) is 11.8 Å². The van der Waals surface area contributed by atoms with Crippen molar-refractivity contribution in [2.24, 2.45) is 11.8 Å². The predicted octanol–water partition coefficient (Wildman–Crippen LogP) is 2.42. The predicted molar refractivity (Wildman–Crippen MR) is 110 cm³/mol. The number of carbonyl (C=O) groups excluding carboxylic acids is 4. The molecule has 0 aliphatic heterocycles. The molecule has 0 aromatic heterocycles. The lowest BCUT2D eigenvalue weighted by Gasteiger charge is -2.19. The number of nitrogens with one attached hydrogen (secondary N) is 2. The Kier molecular flexibility index (Phi) is 8.27. The highest BCUT2D eigenvalue weighted by molar-refractivity contribution is 6.04. The molecule has 2 aromatic carbocycles. The molecule has 2 unspecified atom stereocenters. The van der Waals surface area contributed by atoms with Gasteiger partial charge in [-0.15, -0.1) is 0 Å². The van der Waals surface area contributed by atoms with E-state index in [4.69, 9.17) is 0 Å². The first-order valence-electron chi connectivity index (χ1n) is 9.52. The van der Waals surface area contributed by atoms with E-state index in [1.807, 2.05) is 60.7 Å². The van der Waals surface area contributed by atoms with Gasteiger partial charge in [0, 0.05) is 13.1 Å². The van der Waals surface area contributed by atoms with Crippen molar-refractivity contribution in [1.29, 1.82) is 0 Å². The molecule has 0 radical (unpaired) electrons. The first kappa shape index (κ1) is 22.0. The summed E-state index contributed by atoms with van der Waals surface area (Å²) in [5, 5.41) is 5.44. The zero-order valence-electron chi connectivity index (χ0n) is 16.7. The van der Waals surface area contributed by atoms with E-state index in [2.05, 4.69) is 10.6 Å². The third-order valence-electron chi connectivity index (χ3n) is 4.70. The molecule has 2 N–H and O–H groups in total. The SMILES string of the molecule is CC(=O)C(CC(C(C)=O)C(=O)NCc1ccccc1)C(=O)NCc1ccccc1. The number of ketones is 2. The molecular weight excluding hydrogens is 368 g/mol. The number of hydrogen-bond donors (Lipinski definition) is 2. The van der Waals surface area contributed by atoms with Crippen molar-refractivity contribution < 1.29 is 19.2 Å². The summed E-state index contributed by atoms with van der Waals surface area (Å²) in [6.07, 6.45) is -0.147. The lowest BCUT2D eigenvalue weighted by Crippen LogP contribution is -2.41. The molecule has 152 valence electrons. The zero-order valence-corrected chi connectivity index (χ0v) is 16.7. The lowest BCUT2D eigenvalue weighted by molar-refractivity contribution is -0.137. The van der Waals surface area contributed by atoms with Gasteiger partial charge in [-0.3, -0.25) is 19.2 Å². The summed E-state index contributed by atoms with van der Waals surface area (Å²) >= 11 is 0. The molecule has 0 aliphatic carbocycles. The average Bonchev–Trinajstić information content (AvgIpc) is 2.72. The normalized spacial score (nSPS) is 12.5. The Morgan fingerprint density at radius 1 is 0.655 bits per heavy atom. The standard InChI is InChI=1S/C23H26N2O4/c1-16(26)20(22(28)24-14-18-9-5-3-6-10-18)13-21(17(2)27)23(29)25-15-19-11-7-4-8-12-19/h3-12,20-21H,13-15H2,1-2H3,(H,24,28)(H,25,29). The fourth-order valence-electron chi connectivity index (χ4n) is 2.97. The molecule has 0 bridgehead atoms. The van der Waals surface area contributed by atoms with Crippen LogP contribution in [0.25, 0.3) is 0 Å². The Hall–Kier alpha value is -3.28. The highest BCUT2D eigenvalue weighted by atomic mass is 16.2. The molecule has 2 amide bonds. The summed E-state index contributed by atoms with van der Waals surface area (Å²) in [6.45, 7) is 3.14. The van der Waals surface area contributed by atoms with Gasteiger partial charge in [0.25, 0.3) is 0 Å². The summed E-state index contributed by atoms with van der Waals surface area (Å²) in [5.74, 6) is -3.84. The second kappa shape index (κ2) is 10.9. The van der Waals surface area contributed by atoms with Crippen LogP contribution in [0, 0.1) is 11.8 Å². The van der Waals surface area contributed by atoms with E-state index in [1.165, 1.54) is 13.8 Å². The maximum absolute atomic E-state index is 12.5. The molecule has 2 atom stereocenters. The van der Waals surface area contributed by atoms with Gasteiger partial charge in [-0.05, 0) is 31.4 Å². The fourth-order valence-corrected chi connectivity index (χ4v) is 2.97. The maximum Gasteiger partial charge on any atom is 0.230 e. The Morgan fingerprint density at radius 3 is 1.31 bits per heavy atom. The largest absolute Gasteiger partial charge is 0.351 e. The molecule has 6 heteroatoms. The Labute approximate surface area is 170 Å². The molecule has 29 heavy (non-hydrogen) atoms. The quantitative estimate of drug-likeness (QED) is 0.606. The van der Waals surface area contributed by atoms with Crippen molar-refractivity contribution in [3.63, 3.8) is 0 Å². The van der Waals surface area contributed by atoms with E-state index in [-0.39, 0.29) is 31.1 Å². The van der Waals surface area contributed by atoms with Crippen LogP contribution in [0.2, 0.25) is 0 Å². The number of rotatable bonds is 10. The number of amides is 2. The van der Waals surface area contributed by atoms with Crippen molar-refractivity contribution in [2.45, 2.75) is 33.4 Å². The minimum absolute atomic E-state index is 0.147. The van der Waals surface area contributed by atoms with Crippen molar-refractivity contribution >= 4 is 23.4 Å². The molecule has 6 nitrogen and oxygen atoms in total. The number of benzene rings is 2. The van der Waals surface area contributed by atoms with Crippen LogP contribution in [0.4, 0.5) is 0 Å². The molecule has 0 spiro atoms. The smallest absolute Gasteiger partial charge is 0.230 e. The van der Waals surface area contributed by atoms with Gasteiger partial charge in [-0.1, -0.05) is 60.7 Å². The van der Waals surface area contributed by atoms with E-state index < -0.39 is 23.7 Å². The van der Waals surface area contributed by atoms with Gasteiger partial charge < -0.3 is 10.6 Å². The molecular formula is C23H26N2O4. The molecule has 0 aliphatic rings. The third kappa shape index (κ3) is 6.99. The van der Waals surface area contributed by atoms with Crippen LogP contribution in [0.1, 0.15) is 31.4 Å². The molecule has 0 saturated carbocycles. The first-order chi connectivity index (χ1) is 13.9. The molecule has 0 fully saturated rings. The zero-order chi connectivity index (χ0) is 21.2. The summed E-state index contributed by atoms with van der Waals surface area (Å²) in [4.78, 5) is 49.2. The van der Waals surface area contributed by atoms with Crippen LogP contribution in [0.5, 0.6) is 0 Å². The van der Waals surface area contributed by atoms with Crippen LogP contribution in [0.3, 0.4) is 0 Å². The van der Waals surface area contributed by atoms with Gasteiger partial charge >= 0.3 is 0 Å². The summed E-state index contributed by atoms with van der Waals surface area (Å²) in [7, 11) is 0. The van der Waals surface area contributed by atoms with Crippen LogP contribution in [-0.4, -0.2) is 23.4 Å². The van der Waals surface area contributed by atoms with Gasteiger partial charge in [-0.2, -0.15) is 0 Å². The number of hydrogen-bond acceptors (Lipinski definition) is 4. The highest BCUT2D eigenvalue weighted by Gasteiger charge is 2.32. The molecule has 2 aromatic rings. The van der Waals surface area contributed by atoms with E-state index in [9.17, 15) is 19.2 Å². The van der Waals surface area contributed by atoms with Crippen molar-refractivity contribution in [3.8, 4) is 0 Å². The second-order valence-electron chi connectivity index (χ2n) is 6.97. The third-order valence-corrected chi connectivity index (χ3v) is 4.70. The minimum atomic E-state index is -1.06. The van der Waals surface area contributed by atoms with Gasteiger partial charge in [0.1, 0.15) is 11.6 Å². The van der Waals surface area contributed by atoms with Crippen LogP contribution < -0.4 is 10.6 Å². The van der Waals surface area contributed by atoms with Crippen LogP contribution in [0.15, 0.2) is 60.7 Å². The van der Waals surface area contributed by atoms with Crippen LogP contribution in [-0.2, 0) is 32.3 Å². The Bertz CT molecular complexity index is 778. The molecule has 0 saturated heterocycles. The monoisotopic (exact) mass is 394 g/mol. The summed E-state index contributed by atoms with van der Waals surface area (Å²) in [5.41, 5.74) is 1.79. The number of carbonyl (C=O) groups is 4. The van der Waals surface area contributed by atoms with Gasteiger partial charge in [-0.25, -0.2) is 0 Å². The highest BCUT2D eigenvalue weighted by Crippen LogP contribution is 2.17.